The fourth-order valence-corrected chi connectivity index (χ4v) is 4.45. The van der Waals surface area contributed by atoms with Crippen molar-refractivity contribution >= 4 is 0 Å². The van der Waals surface area contributed by atoms with Gasteiger partial charge in [0.15, 0.2) is 0 Å². The van der Waals surface area contributed by atoms with Gasteiger partial charge in [0.1, 0.15) is 0 Å². The molecule has 0 unspecified atom stereocenters. The van der Waals surface area contributed by atoms with Crippen LogP contribution in [0.5, 0.6) is 0 Å². The Kier molecular flexibility index (Phi) is 4.48. The highest BCUT2D eigenvalue weighted by molar-refractivity contribution is 4.95. The van der Waals surface area contributed by atoms with Gasteiger partial charge in [0, 0.05) is 37.3 Å². The summed E-state index contributed by atoms with van der Waals surface area (Å²) in [4.78, 5) is 4.06. The van der Waals surface area contributed by atoms with Gasteiger partial charge >= 0.3 is 6.18 Å². The van der Waals surface area contributed by atoms with E-state index in [9.17, 15) is 13.2 Å². The zero-order chi connectivity index (χ0) is 15.0. The molecule has 6 heteroatoms. The molecule has 0 radical (unpaired) electrons. The van der Waals surface area contributed by atoms with Crippen molar-refractivity contribution in [3.8, 4) is 0 Å². The van der Waals surface area contributed by atoms with Crippen molar-refractivity contribution in [2.24, 2.45) is 0 Å². The Bertz CT molecular complexity index is 347. The van der Waals surface area contributed by atoms with Crippen molar-refractivity contribution < 1.29 is 13.2 Å². The molecule has 0 spiro atoms. The summed E-state index contributed by atoms with van der Waals surface area (Å²) in [6, 6.07) is 2.07. The van der Waals surface area contributed by atoms with Crippen molar-refractivity contribution in [2.45, 2.75) is 68.9 Å². The molecule has 0 saturated carbocycles. The number of rotatable bonds is 3. The van der Waals surface area contributed by atoms with Crippen molar-refractivity contribution in [2.75, 3.05) is 26.7 Å². The molecular formula is C15H26F3N3. The van der Waals surface area contributed by atoms with Crippen molar-refractivity contribution in [1.82, 2.24) is 15.1 Å². The average molecular weight is 305 g/mol. The molecule has 0 aromatic carbocycles. The molecule has 3 saturated heterocycles. The lowest BCUT2D eigenvalue weighted by molar-refractivity contribution is -0.143. The van der Waals surface area contributed by atoms with Crippen LogP contribution < -0.4 is 5.32 Å². The molecule has 0 aromatic heterocycles. The number of nitrogens with zero attached hydrogens (tertiary/aromatic N) is 2. The van der Waals surface area contributed by atoms with Gasteiger partial charge in [-0.25, -0.2) is 0 Å². The molecular weight excluding hydrogens is 279 g/mol. The normalized spacial score (nSPS) is 38.9. The maximum atomic E-state index is 12.4. The summed E-state index contributed by atoms with van der Waals surface area (Å²) < 4.78 is 37.3. The quantitative estimate of drug-likeness (QED) is 0.862. The van der Waals surface area contributed by atoms with Crippen LogP contribution in [0.4, 0.5) is 13.2 Å². The zero-order valence-corrected chi connectivity index (χ0v) is 12.7. The van der Waals surface area contributed by atoms with E-state index in [1.807, 2.05) is 0 Å². The number of hydrogen-bond donors (Lipinski definition) is 1. The van der Waals surface area contributed by atoms with Crippen LogP contribution in [0.2, 0.25) is 0 Å². The van der Waals surface area contributed by atoms with Crippen LogP contribution in [-0.4, -0.2) is 66.8 Å². The van der Waals surface area contributed by atoms with E-state index in [0.29, 0.717) is 31.2 Å². The monoisotopic (exact) mass is 305 g/mol. The minimum absolute atomic E-state index is 0.237. The van der Waals surface area contributed by atoms with E-state index in [2.05, 4.69) is 17.3 Å². The second-order valence-corrected chi connectivity index (χ2v) is 7.07. The third kappa shape index (κ3) is 3.90. The molecule has 3 nitrogen and oxygen atoms in total. The highest BCUT2D eigenvalue weighted by atomic mass is 19.4. The first-order valence-electron chi connectivity index (χ1n) is 8.18. The lowest BCUT2D eigenvalue weighted by Crippen LogP contribution is -2.56. The standard InChI is InChI=1S/C15H26F3N3/c1-20-13-3-2-4-14(20)8-12(7-13)19-11-5-6-21(9-11)10-15(16,17)18/h11-14,19H,2-10H2,1H3/t11-,13-,14-/m0/s1. The van der Waals surface area contributed by atoms with E-state index in [4.69, 9.17) is 0 Å². The van der Waals surface area contributed by atoms with E-state index in [0.717, 1.165) is 19.3 Å². The number of halogens is 3. The number of nitrogens with one attached hydrogen (secondary N) is 1. The van der Waals surface area contributed by atoms with Gasteiger partial charge in [0.05, 0.1) is 6.54 Å². The van der Waals surface area contributed by atoms with Crippen LogP contribution in [0, 0.1) is 0 Å². The molecule has 0 amide bonds. The van der Waals surface area contributed by atoms with E-state index >= 15 is 0 Å². The Morgan fingerprint density at radius 1 is 1.05 bits per heavy atom. The van der Waals surface area contributed by atoms with Gasteiger partial charge in [0.2, 0.25) is 0 Å². The largest absolute Gasteiger partial charge is 0.401 e. The van der Waals surface area contributed by atoms with E-state index in [1.54, 1.807) is 0 Å². The van der Waals surface area contributed by atoms with E-state index < -0.39 is 12.7 Å². The lowest BCUT2D eigenvalue weighted by atomic mass is 9.82. The molecule has 3 fully saturated rings. The first kappa shape index (κ1) is 15.6. The number of fused-ring (bicyclic) bond motifs is 2. The maximum Gasteiger partial charge on any atom is 0.401 e. The van der Waals surface area contributed by atoms with Crippen molar-refractivity contribution in [3.05, 3.63) is 0 Å². The minimum atomic E-state index is -4.07. The molecule has 3 aliphatic heterocycles. The van der Waals surface area contributed by atoms with Gasteiger partial charge in [-0.1, -0.05) is 6.42 Å². The van der Waals surface area contributed by atoms with Crippen LogP contribution in [0.3, 0.4) is 0 Å². The van der Waals surface area contributed by atoms with Crippen molar-refractivity contribution in [1.29, 1.82) is 0 Å². The number of alkyl halides is 3. The Labute approximate surface area is 124 Å². The second kappa shape index (κ2) is 6.05. The molecule has 2 bridgehead atoms. The van der Waals surface area contributed by atoms with Gasteiger partial charge in [-0.3, -0.25) is 4.90 Å². The maximum absolute atomic E-state index is 12.4. The van der Waals surface area contributed by atoms with Gasteiger partial charge in [-0.05, 0) is 39.2 Å². The molecule has 122 valence electrons. The van der Waals surface area contributed by atoms with Crippen LogP contribution >= 0.6 is 0 Å². The van der Waals surface area contributed by atoms with Crippen LogP contribution in [0.15, 0.2) is 0 Å². The Hall–Kier alpha value is -0.330. The summed E-state index contributed by atoms with van der Waals surface area (Å²) in [5.74, 6) is 0. The molecule has 3 heterocycles. The molecule has 3 atom stereocenters. The number of hydrogen-bond acceptors (Lipinski definition) is 3. The average Bonchev–Trinajstić information content (AvgIpc) is 2.75. The summed E-state index contributed by atoms with van der Waals surface area (Å²) in [5, 5.41) is 3.65. The minimum Gasteiger partial charge on any atom is -0.310 e. The summed E-state index contributed by atoms with van der Waals surface area (Å²) in [6.07, 6.45) is 2.96. The van der Waals surface area contributed by atoms with Gasteiger partial charge in [0.25, 0.3) is 0 Å². The SMILES string of the molecule is CN1[C@H]2CCC[C@H]1CC(N[C@H]1CCN(CC(F)(F)F)C1)C2. The van der Waals surface area contributed by atoms with Crippen LogP contribution in [0.25, 0.3) is 0 Å². The third-order valence-corrected chi connectivity index (χ3v) is 5.49. The molecule has 3 aliphatic rings. The molecule has 0 aromatic rings. The van der Waals surface area contributed by atoms with E-state index in [1.165, 1.54) is 24.2 Å². The summed E-state index contributed by atoms with van der Waals surface area (Å²) >= 11 is 0. The predicted molar refractivity (Wildman–Crippen MR) is 76.2 cm³/mol. The molecule has 21 heavy (non-hydrogen) atoms. The van der Waals surface area contributed by atoms with Crippen LogP contribution in [0.1, 0.15) is 38.5 Å². The summed E-state index contributed by atoms with van der Waals surface area (Å²) in [6.45, 7) is 0.349. The fraction of sp³-hybridized carbons (Fsp3) is 1.00. The Morgan fingerprint density at radius 3 is 2.33 bits per heavy atom. The predicted octanol–water partition coefficient (Wildman–Crippen LogP) is 2.23. The van der Waals surface area contributed by atoms with Crippen LogP contribution in [-0.2, 0) is 0 Å². The Balaban J connectivity index is 1.47. The molecule has 0 aliphatic carbocycles. The van der Waals surface area contributed by atoms with Crippen molar-refractivity contribution in [3.63, 3.8) is 0 Å². The smallest absolute Gasteiger partial charge is 0.310 e. The van der Waals surface area contributed by atoms with Gasteiger partial charge in [-0.2, -0.15) is 13.2 Å². The topological polar surface area (TPSA) is 18.5 Å². The summed E-state index contributed by atoms with van der Waals surface area (Å²) in [7, 11) is 2.23. The summed E-state index contributed by atoms with van der Waals surface area (Å²) in [5.41, 5.74) is 0. The van der Waals surface area contributed by atoms with Gasteiger partial charge < -0.3 is 10.2 Å². The first-order chi connectivity index (χ1) is 9.90. The lowest BCUT2D eigenvalue weighted by Gasteiger charge is -2.47. The highest BCUT2D eigenvalue weighted by Crippen LogP contribution is 2.33. The third-order valence-electron chi connectivity index (χ3n) is 5.49. The zero-order valence-electron chi connectivity index (χ0n) is 12.7. The second-order valence-electron chi connectivity index (χ2n) is 7.07. The fourth-order valence-electron chi connectivity index (χ4n) is 4.45. The number of piperidine rings is 2. The number of likely N-dealkylation sites (tertiary alicyclic amines) is 1. The Morgan fingerprint density at radius 2 is 1.71 bits per heavy atom. The first-order valence-corrected chi connectivity index (χ1v) is 8.18. The highest BCUT2D eigenvalue weighted by Gasteiger charge is 2.38. The van der Waals surface area contributed by atoms with Gasteiger partial charge in [-0.15, -0.1) is 0 Å². The van der Waals surface area contributed by atoms with E-state index in [-0.39, 0.29) is 6.04 Å². The molecule has 1 N–H and O–H groups in total. The molecule has 3 rings (SSSR count).